The van der Waals surface area contributed by atoms with Gasteiger partial charge in [0.25, 0.3) is 0 Å². The van der Waals surface area contributed by atoms with E-state index in [1.165, 1.54) is 36.2 Å². The minimum Gasteiger partial charge on any atom is -0.377 e. The van der Waals surface area contributed by atoms with Crippen molar-refractivity contribution in [1.82, 2.24) is 0 Å². The maximum Gasteiger partial charge on any atom is 0.113 e. The molecule has 0 radical (unpaired) electrons. The van der Waals surface area contributed by atoms with Crippen LogP contribution in [-0.2, 0) is 16.8 Å². The summed E-state index contributed by atoms with van der Waals surface area (Å²) in [7, 11) is 0. The van der Waals surface area contributed by atoms with Gasteiger partial charge in [-0.2, -0.15) is 5.26 Å². The number of ether oxygens (including phenoxy) is 1. The Morgan fingerprint density at radius 1 is 0.765 bits per heavy atom. The Balaban J connectivity index is 1.29. The van der Waals surface area contributed by atoms with E-state index in [1.807, 2.05) is 6.07 Å². The summed E-state index contributed by atoms with van der Waals surface area (Å²) in [6.07, 6.45) is 4.42. The molecule has 3 nitrogen and oxygen atoms in total. The second-order valence-corrected chi connectivity index (χ2v) is 10.3. The molecule has 0 spiro atoms. The molecule has 0 saturated carbocycles. The highest BCUT2D eigenvalue weighted by molar-refractivity contribution is 5.49. The van der Waals surface area contributed by atoms with Gasteiger partial charge in [0, 0.05) is 31.1 Å². The number of rotatable bonds is 9. The fourth-order valence-corrected chi connectivity index (χ4v) is 6.63. The van der Waals surface area contributed by atoms with E-state index in [0.717, 1.165) is 43.4 Å². The van der Waals surface area contributed by atoms with Crippen molar-refractivity contribution in [3.05, 3.63) is 108 Å². The highest BCUT2D eigenvalue weighted by atomic mass is 16.5. The SMILES string of the molecule is N#CC(c1ccccc1)(c1ccccc1)C12CC[N+](CCCOCc3ccccc3)(CC1)CC2. The molecule has 3 aliphatic heterocycles. The fraction of sp³-hybridized carbons (Fsp3) is 0.387. The van der Waals surface area contributed by atoms with Crippen LogP contribution in [0.2, 0.25) is 0 Å². The minimum absolute atomic E-state index is 0.00569. The van der Waals surface area contributed by atoms with E-state index < -0.39 is 5.41 Å². The lowest BCUT2D eigenvalue weighted by Gasteiger charge is -2.60. The van der Waals surface area contributed by atoms with Gasteiger partial charge < -0.3 is 9.22 Å². The smallest absolute Gasteiger partial charge is 0.113 e. The zero-order valence-corrected chi connectivity index (χ0v) is 20.0. The number of piperidine rings is 3. The molecule has 0 N–H and O–H groups in total. The summed E-state index contributed by atoms with van der Waals surface area (Å²) in [5, 5.41) is 10.8. The largest absolute Gasteiger partial charge is 0.377 e. The van der Waals surface area contributed by atoms with Crippen molar-refractivity contribution in [3.8, 4) is 6.07 Å². The number of benzene rings is 3. The summed E-state index contributed by atoms with van der Waals surface area (Å²) < 4.78 is 7.16. The van der Waals surface area contributed by atoms with E-state index >= 15 is 0 Å². The molecule has 0 atom stereocenters. The lowest BCUT2D eigenvalue weighted by molar-refractivity contribution is -0.946. The summed E-state index contributed by atoms with van der Waals surface area (Å²) in [5.41, 5.74) is 2.95. The number of hydrogen-bond acceptors (Lipinski definition) is 2. The molecule has 3 aliphatic rings. The van der Waals surface area contributed by atoms with Crippen LogP contribution < -0.4 is 0 Å². The summed E-state index contributed by atoms with van der Waals surface area (Å²) in [5.74, 6) is 0. The van der Waals surface area contributed by atoms with Crippen LogP contribution in [-0.4, -0.2) is 37.3 Å². The third-order valence-corrected chi connectivity index (χ3v) is 8.60. The third-order valence-electron chi connectivity index (χ3n) is 8.60. The van der Waals surface area contributed by atoms with E-state index in [1.54, 1.807) is 0 Å². The molecule has 3 heteroatoms. The van der Waals surface area contributed by atoms with Crippen LogP contribution in [0, 0.1) is 16.7 Å². The highest BCUT2D eigenvalue weighted by Gasteiger charge is 2.61. The first kappa shape index (κ1) is 22.8. The number of fused-ring (bicyclic) bond motifs is 3. The van der Waals surface area contributed by atoms with Crippen LogP contribution in [0.25, 0.3) is 0 Å². The molecule has 2 bridgehead atoms. The minimum atomic E-state index is -0.592. The number of quaternary nitrogens is 1. The monoisotopic (exact) mass is 451 g/mol. The molecule has 34 heavy (non-hydrogen) atoms. The van der Waals surface area contributed by atoms with Gasteiger partial charge in [0.1, 0.15) is 5.41 Å². The predicted octanol–water partition coefficient (Wildman–Crippen LogP) is 6.10. The topological polar surface area (TPSA) is 33.0 Å². The summed E-state index contributed by atoms with van der Waals surface area (Å²) in [6, 6.07) is 34.4. The van der Waals surface area contributed by atoms with Gasteiger partial charge in [-0.3, -0.25) is 0 Å². The molecule has 3 aromatic carbocycles. The molecular weight excluding hydrogens is 416 g/mol. The molecule has 0 unspecified atom stereocenters. The average molecular weight is 452 g/mol. The summed E-state index contributed by atoms with van der Waals surface area (Å²) in [6.45, 7) is 6.20. The molecule has 3 aromatic rings. The van der Waals surface area contributed by atoms with Crippen molar-refractivity contribution in [2.45, 2.75) is 37.7 Å². The van der Waals surface area contributed by atoms with Gasteiger partial charge in [-0.15, -0.1) is 0 Å². The average Bonchev–Trinajstić information content (AvgIpc) is 2.92. The fourth-order valence-electron chi connectivity index (χ4n) is 6.63. The van der Waals surface area contributed by atoms with Crippen LogP contribution >= 0.6 is 0 Å². The highest BCUT2D eigenvalue weighted by Crippen LogP contribution is 2.58. The van der Waals surface area contributed by atoms with Crippen molar-refractivity contribution in [2.24, 2.45) is 5.41 Å². The zero-order chi connectivity index (χ0) is 23.3. The molecule has 0 aromatic heterocycles. The molecule has 3 saturated heterocycles. The van der Waals surface area contributed by atoms with Crippen LogP contribution in [0.5, 0.6) is 0 Å². The van der Waals surface area contributed by atoms with Crippen LogP contribution in [0.4, 0.5) is 0 Å². The first-order valence-electron chi connectivity index (χ1n) is 12.7. The van der Waals surface area contributed by atoms with Gasteiger partial charge >= 0.3 is 0 Å². The molecule has 3 fully saturated rings. The zero-order valence-electron chi connectivity index (χ0n) is 20.0. The van der Waals surface area contributed by atoms with Crippen LogP contribution in [0.15, 0.2) is 91.0 Å². The van der Waals surface area contributed by atoms with Gasteiger partial charge in [-0.1, -0.05) is 91.0 Å². The van der Waals surface area contributed by atoms with Gasteiger partial charge in [0.05, 0.1) is 45.5 Å². The Hall–Kier alpha value is -2.93. The van der Waals surface area contributed by atoms with Crippen molar-refractivity contribution in [3.63, 3.8) is 0 Å². The maximum absolute atomic E-state index is 10.8. The van der Waals surface area contributed by atoms with E-state index in [-0.39, 0.29) is 5.41 Å². The first-order valence-corrected chi connectivity index (χ1v) is 12.7. The van der Waals surface area contributed by atoms with Gasteiger partial charge in [-0.05, 0) is 16.7 Å². The number of hydrogen-bond donors (Lipinski definition) is 0. The summed E-state index contributed by atoms with van der Waals surface area (Å²) in [4.78, 5) is 0. The number of nitrogens with zero attached hydrogens (tertiary/aromatic N) is 2. The Morgan fingerprint density at radius 3 is 1.76 bits per heavy atom. The lowest BCUT2D eigenvalue weighted by atomic mass is 9.50. The quantitative estimate of drug-likeness (QED) is 0.291. The Morgan fingerprint density at radius 2 is 1.26 bits per heavy atom. The molecule has 0 aliphatic carbocycles. The van der Waals surface area contributed by atoms with Crippen molar-refractivity contribution in [1.29, 1.82) is 5.26 Å². The van der Waals surface area contributed by atoms with Gasteiger partial charge in [0.2, 0.25) is 0 Å². The summed E-state index contributed by atoms with van der Waals surface area (Å²) >= 11 is 0. The standard InChI is InChI=1S/C31H35N2O/c32-26-31(28-13-6-2-7-14-28,29-15-8-3-9-16-29)30-17-21-33(22-18-30,23-19-30)20-10-24-34-25-27-11-4-1-5-12-27/h1-9,11-16H,10,17-25H2/q+1. The molecule has 174 valence electrons. The third kappa shape index (κ3) is 4.06. The number of nitriles is 1. The second-order valence-electron chi connectivity index (χ2n) is 10.3. The van der Waals surface area contributed by atoms with E-state index in [9.17, 15) is 5.26 Å². The van der Waals surface area contributed by atoms with E-state index in [2.05, 4.69) is 91.0 Å². The predicted molar refractivity (Wildman–Crippen MR) is 136 cm³/mol. The Labute approximate surface area is 204 Å². The van der Waals surface area contributed by atoms with Gasteiger partial charge in [-0.25, -0.2) is 0 Å². The molecule has 6 rings (SSSR count). The van der Waals surface area contributed by atoms with E-state index in [4.69, 9.17) is 4.74 Å². The van der Waals surface area contributed by atoms with Crippen molar-refractivity contribution in [2.75, 3.05) is 32.8 Å². The first-order chi connectivity index (χ1) is 16.7. The van der Waals surface area contributed by atoms with Gasteiger partial charge in [0.15, 0.2) is 0 Å². The van der Waals surface area contributed by atoms with E-state index in [0.29, 0.717) is 6.61 Å². The molecular formula is C31H35N2O+. The van der Waals surface area contributed by atoms with Crippen molar-refractivity contribution >= 4 is 0 Å². The van der Waals surface area contributed by atoms with Crippen LogP contribution in [0.1, 0.15) is 42.4 Å². The Bertz CT molecular complexity index is 1040. The molecule has 3 heterocycles. The Kier molecular flexibility index (Phi) is 6.55. The lowest BCUT2D eigenvalue weighted by Crippen LogP contribution is -2.66. The maximum atomic E-state index is 10.8. The normalized spacial score (nSPS) is 24.0. The second kappa shape index (κ2) is 9.74. The molecule has 0 amide bonds. The van der Waals surface area contributed by atoms with Crippen molar-refractivity contribution < 1.29 is 9.22 Å². The van der Waals surface area contributed by atoms with Crippen LogP contribution in [0.3, 0.4) is 0 Å².